The molecule has 1 aliphatic carbocycles. The summed E-state index contributed by atoms with van der Waals surface area (Å²) in [7, 11) is 0. The van der Waals surface area contributed by atoms with E-state index in [0.29, 0.717) is 23.9 Å². The Hall–Kier alpha value is -0.370. The highest BCUT2D eigenvalue weighted by Gasteiger charge is 2.21. The summed E-state index contributed by atoms with van der Waals surface area (Å²) >= 11 is 0. The van der Waals surface area contributed by atoms with Crippen LogP contribution in [0, 0.1) is 5.92 Å². The molecule has 0 spiro atoms. The maximum atomic E-state index is 11.0. The molecule has 1 unspecified atom stereocenters. The molecule has 0 heterocycles. The fraction of sp³-hybridized carbons (Fsp3) is 0.917. The SMILES string of the molecule is CC(C)CC(C)OC1CCC(=O)CC1. The number of Topliss-reactive ketones (excluding diaryl/α,β-unsaturated/α-hetero) is 1. The Morgan fingerprint density at radius 3 is 2.36 bits per heavy atom. The first-order chi connectivity index (χ1) is 6.58. The fourth-order valence-electron chi connectivity index (χ4n) is 2.10. The van der Waals surface area contributed by atoms with Crippen LogP contribution < -0.4 is 0 Å². The molecule has 0 saturated heterocycles. The monoisotopic (exact) mass is 198 g/mol. The molecule has 0 N–H and O–H groups in total. The van der Waals surface area contributed by atoms with Gasteiger partial charge < -0.3 is 4.74 Å². The lowest BCUT2D eigenvalue weighted by Gasteiger charge is -2.26. The van der Waals surface area contributed by atoms with Crippen LogP contribution in [0.4, 0.5) is 0 Å². The quantitative estimate of drug-likeness (QED) is 0.694. The van der Waals surface area contributed by atoms with Crippen LogP contribution in [0.25, 0.3) is 0 Å². The number of carbonyl (C=O) groups is 1. The normalized spacial score (nSPS) is 21.6. The number of ether oxygens (including phenoxy) is 1. The van der Waals surface area contributed by atoms with E-state index in [-0.39, 0.29) is 0 Å². The van der Waals surface area contributed by atoms with Gasteiger partial charge in [0, 0.05) is 12.8 Å². The van der Waals surface area contributed by atoms with Crippen LogP contribution in [0.1, 0.15) is 52.9 Å². The first kappa shape index (κ1) is 11.7. The van der Waals surface area contributed by atoms with Crippen LogP contribution in [0.5, 0.6) is 0 Å². The number of hydrogen-bond acceptors (Lipinski definition) is 2. The van der Waals surface area contributed by atoms with Crippen molar-refractivity contribution in [2.45, 2.75) is 65.1 Å². The van der Waals surface area contributed by atoms with Gasteiger partial charge in [-0.25, -0.2) is 0 Å². The summed E-state index contributed by atoms with van der Waals surface area (Å²) in [5, 5.41) is 0. The smallest absolute Gasteiger partial charge is 0.133 e. The zero-order valence-corrected chi connectivity index (χ0v) is 9.58. The maximum Gasteiger partial charge on any atom is 0.133 e. The van der Waals surface area contributed by atoms with Crippen LogP contribution in [0.3, 0.4) is 0 Å². The Kier molecular flexibility index (Phi) is 4.59. The van der Waals surface area contributed by atoms with E-state index in [0.717, 1.165) is 32.1 Å². The van der Waals surface area contributed by atoms with Gasteiger partial charge in [0.15, 0.2) is 0 Å². The maximum absolute atomic E-state index is 11.0. The van der Waals surface area contributed by atoms with E-state index >= 15 is 0 Å². The van der Waals surface area contributed by atoms with Crippen molar-refractivity contribution < 1.29 is 9.53 Å². The van der Waals surface area contributed by atoms with Gasteiger partial charge in [0.25, 0.3) is 0 Å². The molecule has 0 aromatic heterocycles. The molecule has 0 aromatic carbocycles. The lowest BCUT2D eigenvalue weighted by molar-refractivity contribution is -0.124. The largest absolute Gasteiger partial charge is 0.375 e. The van der Waals surface area contributed by atoms with Crippen LogP contribution in [0.2, 0.25) is 0 Å². The second-order valence-electron chi connectivity index (χ2n) is 4.81. The van der Waals surface area contributed by atoms with Crippen molar-refractivity contribution in [3.8, 4) is 0 Å². The standard InChI is InChI=1S/C12H22O2/c1-9(2)8-10(3)14-12-6-4-11(13)5-7-12/h9-10,12H,4-8H2,1-3H3. The van der Waals surface area contributed by atoms with Crippen molar-refractivity contribution in [1.29, 1.82) is 0 Å². The van der Waals surface area contributed by atoms with Crippen molar-refractivity contribution in [2.24, 2.45) is 5.92 Å². The Labute approximate surface area is 87.0 Å². The van der Waals surface area contributed by atoms with Crippen molar-refractivity contribution in [3.05, 3.63) is 0 Å². The minimum Gasteiger partial charge on any atom is -0.375 e. The van der Waals surface area contributed by atoms with E-state index in [9.17, 15) is 4.79 Å². The van der Waals surface area contributed by atoms with Crippen molar-refractivity contribution >= 4 is 5.78 Å². The fourth-order valence-corrected chi connectivity index (χ4v) is 2.10. The van der Waals surface area contributed by atoms with Gasteiger partial charge in [-0.3, -0.25) is 4.79 Å². The molecule has 1 atom stereocenters. The van der Waals surface area contributed by atoms with Gasteiger partial charge in [-0.05, 0) is 32.1 Å². The van der Waals surface area contributed by atoms with Crippen LogP contribution in [0.15, 0.2) is 0 Å². The highest BCUT2D eigenvalue weighted by molar-refractivity contribution is 5.79. The summed E-state index contributed by atoms with van der Waals surface area (Å²) in [6, 6.07) is 0. The Balaban J connectivity index is 2.20. The minimum absolute atomic E-state index is 0.335. The molecule has 1 fully saturated rings. The van der Waals surface area contributed by atoms with E-state index < -0.39 is 0 Å². The summed E-state index contributed by atoms with van der Waals surface area (Å²) in [5.74, 6) is 1.09. The number of hydrogen-bond donors (Lipinski definition) is 0. The van der Waals surface area contributed by atoms with Gasteiger partial charge in [-0.2, -0.15) is 0 Å². The summed E-state index contributed by atoms with van der Waals surface area (Å²) in [5.41, 5.74) is 0. The van der Waals surface area contributed by atoms with Crippen LogP contribution >= 0.6 is 0 Å². The van der Waals surface area contributed by atoms with Gasteiger partial charge in [0.2, 0.25) is 0 Å². The topological polar surface area (TPSA) is 26.3 Å². The third-order valence-corrected chi connectivity index (χ3v) is 2.72. The highest BCUT2D eigenvalue weighted by Crippen LogP contribution is 2.21. The van der Waals surface area contributed by atoms with E-state index in [1.807, 2.05) is 0 Å². The van der Waals surface area contributed by atoms with Crippen LogP contribution in [-0.2, 0) is 9.53 Å². The first-order valence-electron chi connectivity index (χ1n) is 5.75. The van der Waals surface area contributed by atoms with Crippen LogP contribution in [-0.4, -0.2) is 18.0 Å². The lowest BCUT2D eigenvalue weighted by Crippen LogP contribution is -2.26. The molecule has 14 heavy (non-hydrogen) atoms. The molecule has 1 saturated carbocycles. The van der Waals surface area contributed by atoms with Gasteiger partial charge in [-0.15, -0.1) is 0 Å². The Bertz CT molecular complexity index is 177. The molecule has 1 aliphatic rings. The Morgan fingerprint density at radius 2 is 1.86 bits per heavy atom. The van der Waals surface area contributed by atoms with Crippen molar-refractivity contribution in [1.82, 2.24) is 0 Å². The van der Waals surface area contributed by atoms with E-state index in [1.54, 1.807) is 0 Å². The average molecular weight is 198 g/mol. The van der Waals surface area contributed by atoms with Gasteiger partial charge in [0.1, 0.15) is 5.78 Å². The van der Waals surface area contributed by atoms with E-state index in [2.05, 4.69) is 20.8 Å². The average Bonchev–Trinajstić information content (AvgIpc) is 2.07. The predicted molar refractivity (Wildman–Crippen MR) is 57.3 cm³/mol. The molecule has 0 radical (unpaired) electrons. The second kappa shape index (κ2) is 5.50. The number of ketones is 1. The van der Waals surface area contributed by atoms with Crippen molar-refractivity contribution in [3.63, 3.8) is 0 Å². The predicted octanol–water partition coefficient (Wildman–Crippen LogP) is 2.95. The summed E-state index contributed by atoms with van der Waals surface area (Å²) in [6.45, 7) is 6.56. The molecule has 0 amide bonds. The highest BCUT2D eigenvalue weighted by atomic mass is 16.5. The molecular formula is C12H22O2. The lowest BCUT2D eigenvalue weighted by atomic mass is 9.96. The van der Waals surface area contributed by atoms with E-state index in [1.165, 1.54) is 0 Å². The molecule has 2 heteroatoms. The summed E-state index contributed by atoms with van der Waals surface area (Å²) < 4.78 is 5.90. The van der Waals surface area contributed by atoms with Gasteiger partial charge in [0.05, 0.1) is 12.2 Å². The zero-order chi connectivity index (χ0) is 10.6. The zero-order valence-electron chi connectivity index (χ0n) is 9.58. The van der Waals surface area contributed by atoms with Gasteiger partial charge in [-0.1, -0.05) is 13.8 Å². The minimum atomic E-state index is 0.335. The van der Waals surface area contributed by atoms with Gasteiger partial charge >= 0.3 is 0 Å². The van der Waals surface area contributed by atoms with E-state index in [4.69, 9.17) is 4.74 Å². The summed E-state index contributed by atoms with van der Waals surface area (Å²) in [6.07, 6.45) is 5.10. The molecule has 2 nitrogen and oxygen atoms in total. The van der Waals surface area contributed by atoms with Crippen molar-refractivity contribution in [2.75, 3.05) is 0 Å². The third kappa shape index (κ3) is 4.23. The third-order valence-electron chi connectivity index (χ3n) is 2.72. The number of carbonyl (C=O) groups excluding carboxylic acids is 1. The molecular weight excluding hydrogens is 176 g/mol. The summed E-state index contributed by atoms with van der Waals surface area (Å²) in [4.78, 5) is 11.0. The second-order valence-corrected chi connectivity index (χ2v) is 4.81. The number of rotatable bonds is 4. The first-order valence-corrected chi connectivity index (χ1v) is 5.75. The molecule has 0 aliphatic heterocycles. The molecule has 0 bridgehead atoms. The molecule has 1 rings (SSSR count). The molecule has 0 aromatic rings. The molecule has 82 valence electrons. The Morgan fingerprint density at radius 1 is 1.29 bits per heavy atom.